The van der Waals surface area contributed by atoms with E-state index in [9.17, 15) is 18.0 Å². The van der Waals surface area contributed by atoms with Gasteiger partial charge in [-0.05, 0) is 48.9 Å². The summed E-state index contributed by atoms with van der Waals surface area (Å²) in [7, 11) is -3.79. The lowest BCUT2D eigenvalue weighted by Crippen LogP contribution is -2.39. The van der Waals surface area contributed by atoms with Gasteiger partial charge in [-0.2, -0.15) is 0 Å². The molecule has 2 aliphatic rings. The summed E-state index contributed by atoms with van der Waals surface area (Å²) in [6.07, 6.45) is 3.49. The van der Waals surface area contributed by atoms with Crippen molar-refractivity contribution < 1.29 is 13.2 Å². The summed E-state index contributed by atoms with van der Waals surface area (Å²) in [5.41, 5.74) is 0.448. The average Bonchev–Trinajstić information content (AvgIpc) is 2.96. The van der Waals surface area contributed by atoms with Crippen LogP contribution in [0.5, 0.6) is 0 Å². The van der Waals surface area contributed by atoms with E-state index in [2.05, 4.69) is 26.1 Å². The number of nitrogens with two attached hydrogens (primary N) is 1. The van der Waals surface area contributed by atoms with Crippen molar-refractivity contribution in [2.75, 3.05) is 5.32 Å². The first-order chi connectivity index (χ1) is 14.5. The van der Waals surface area contributed by atoms with E-state index in [-0.39, 0.29) is 27.0 Å². The summed E-state index contributed by atoms with van der Waals surface area (Å²) < 4.78 is 24.4. The minimum atomic E-state index is -3.79. The maximum Gasteiger partial charge on any atom is 0.308 e. The van der Waals surface area contributed by atoms with Crippen LogP contribution in [0.15, 0.2) is 39.0 Å². The molecule has 0 bridgehead atoms. The lowest BCUT2D eigenvalue weighted by molar-refractivity contribution is -0.116. The SMILES string of the molecule is C[C@@H]1CC[C@@H]2[C@@H](C1)c1sc(=O)n(CC(=O)Nc3ccc(S(N)(=O)=O)cc3)c1SC2(C)C. The molecule has 0 unspecified atom stereocenters. The van der Waals surface area contributed by atoms with Crippen molar-refractivity contribution in [3.63, 3.8) is 0 Å². The van der Waals surface area contributed by atoms with E-state index in [1.165, 1.54) is 48.4 Å². The highest BCUT2D eigenvalue weighted by Gasteiger charge is 2.47. The molecule has 3 N–H and O–H groups in total. The standard InChI is InChI=1S/C21H27N3O4S3/c1-12-4-9-16-15(10-12)18-19(30-21(16,2)3)24(20(26)29-18)11-17(25)23-13-5-7-14(8-6-13)31(22,27)28/h5-8,12,15-16H,4,9-11H2,1-3H3,(H,23,25)(H2,22,27,28)/t12-,15-,16-/m1/s1. The molecule has 10 heteroatoms. The lowest BCUT2D eigenvalue weighted by Gasteiger charge is -2.47. The second kappa shape index (κ2) is 8.06. The predicted molar refractivity (Wildman–Crippen MR) is 124 cm³/mol. The Morgan fingerprint density at radius 2 is 1.94 bits per heavy atom. The third kappa shape index (κ3) is 4.48. The molecule has 1 aromatic heterocycles. The Morgan fingerprint density at radius 3 is 2.58 bits per heavy atom. The zero-order valence-corrected chi connectivity index (χ0v) is 20.2. The molecule has 1 aliphatic carbocycles. The van der Waals surface area contributed by atoms with Gasteiger partial charge in [-0.1, -0.05) is 38.5 Å². The normalized spacial score (nSPS) is 24.8. The number of fused-ring (bicyclic) bond motifs is 3. The zero-order chi connectivity index (χ0) is 22.6. The van der Waals surface area contributed by atoms with Crippen LogP contribution < -0.4 is 15.3 Å². The summed E-state index contributed by atoms with van der Waals surface area (Å²) in [5.74, 6) is 1.23. The number of carbonyl (C=O) groups is 1. The fourth-order valence-corrected chi connectivity index (χ4v) is 8.11. The van der Waals surface area contributed by atoms with Gasteiger partial charge in [0.2, 0.25) is 15.9 Å². The predicted octanol–water partition coefficient (Wildman–Crippen LogP) is 3.60. The van der Waals surface area contributed by atoms with Crippen LogP contribution in [0, 0.1) is 11.8 Å². The average molecular weight is 482 g/mol. The molecule has 2 aromatic rings. The fourth-order valence-electron chi connectivity index (χ4n) is 4.78. The highest BCUT2D eigenvalue weighted by Crippen LogP contribution is 2.58. The number of carbonyl (C=O) groups excluding carboxylic acids is 1. The number of benzene rings is 1. The summed E-state index contributed by atoms with van der Waals surface area (Å²) in [6, 6.07) is 5.64. The molecular formula is C21H27N3O4S3. The summed E-state index contributed by atoms with van der Waals surface area (Å²) >= 11 is 3.00. The van der Waals surface area contributed by atoms with Crippen LogP contribution in [0.3, 0.4) is 0 Å². The topological polar surface area (TPSA) is 111 Å². The van der Waals surface area contributed by atoms with Gasteiger partial charge in [-0.3, -0.25) is 14.2 Å². The van der Waals surface area contributed by atoms with Crippen LogP contribution in [0.2, 0.25) is 0 Å². The van der Waals surface area contributed by atoms with Crippen molar-refractivity contribution >= 4 is 44.7 Å². The summed E-state index contributed by atoms with van der Waals surface area (Å²) in [4.78, 5) is 26.5. The van der Waals surface area contributed by atoms with Gasteiger partial charge in [-0.15, -0.1) is 11.8 Å². The number of sulfonamides is 1. The van der Waals surface area contributed by atoms with Gasteiger partial charge in [0.05, 0.1) is 9.92 Å². The number of aromatic nitrogens is 1. The molecule has 7 nitrogen and oxygen atoms in total. The molecule has 1 saturated carbocycles. The minimum Gasteiger partial charge on any atom is -0.325 e. The largest absolute Gasteiger partial charge is 0.325 e. The number of anilines is 1. The lowest BCUT2D eigenvalue weighted by atomic mass is 9.69. The molecule has 2 heterocycles. The number of primary sulfonamides is 1. The van der Waals surface area contributed by atoms with Gasteiger partial charge in [0.15, 0.2) is 0 Å². The number of nitrogens with one attached hydrogen (secondary N) is 1. The van der Waals surface area contributed by atoms with E-state index in [1.54, 1.807) is 16.3 Å². The van der Waals surface area contributed by atoms with E-state index in [4.69, 9.17) is 5.14 Å². The number of rotatable bonds is 4. The molecule has 3 atom stereocenters. The minimum absolute atomic E-state index is 0.00704. The second-order valence-electron chi connectivity index (χ2n) is 9.08. The van der Waals surface area contributed by atoms with E-state index in [1.807, 2.05) is 0 Å². The molecule has 1 aliphatic heterocycles. The first-order valence-electron chi connectivity index (χ1n) is 10.3. The van der Waals surface area contributed by atoms with Gasteiger partial charge in [0, 0.05) is 21.2 Å². The molecule has 1 fully saturated rings. The van der Waals surface area contributed by atoms with Gasteiger partial charge >= 0.3 is 4.87 Å². The van der Waals surface area contributed by atoms with Crippen molar-refractivity contribution in [1.29, 1.82) is 0 Å². The Kier molecular flexibility index (Phi) is 5.87. The first-order valence-corrected chi connectivity index (χ1v) is 13.5. The van der Waals surface area contributed by atoms with Crippen LogP contribution >= 0.6 is 23.1 Å². The number of hydrogen-bond donors (Lipinski definition) is 2. The molecule has 4 rings (SSSR count). The maximum atomic E-state index is 12.8. The van der Waals surface area contributed by atoms with Gasteiger partial charge in [0.25, 0.3) is 0 Å². The van der Waals surface area contributed by atoms with E-state index < -0.39 is 10.0 Å². The number of hydrogen-bond acceptors (Lipinski definition) is 6. The monoisotopic (exact) mass is 481 g/mol. The third-order valence-corrected chi connectivity index (χ3v) is 9.98. The summed E-state index contributed by atoms with van der Waals surface area (Å²) in [5, 5.41) is 8.77. The molecule has 1 amide bonds. The van der Waals surface area contributed by atoms with Crippen LogP contribution in [0.1, 0.15) is 50.8 Å². The van der Waals surface area contributed by atoms with Crippen molar-refractivity contribution in [3.05, 3.63) is 38.8 Å². The quantitative estimate of drug-likeness (QED) is 0.693. The van der Waals surface area contributed by atoms with Crippen molar-refractivity contribution in [2.24, 2.45) is 17.0 Å². The number of nitrogens with zero attached hydrogens (tertiary/aromatic N) is 1. The van der Waals surface area contributed by atoms with Crippen LogP contribution in [-0.4, -0.2) is 23.6 Å². The Balaban J connectivity index is 1.56. The molecule has 1 aromatic carbocycles. The summed E-state index contributed by atoms with van der Waals surface area (Å²) in [6.45, 7) is 6.69. The zero-order valence-electron chi connectivity index (χ0n) is 17.8. The highest BCUT2D eigenvalue weighted by molar-refractivity contribution is 8.00. The van der Waals surface area contributed by atoms with Crippen molar-refractivity contribution in [1.82, 2.24) is 4.57 Å². The molecule has 0 saturated heterocycles. The van der Waals surface area contributed by atoms with Crippen LogP contribution in [0.4, 0.5) is 5.69 Å². The van der Waals surface area contributed by atoms with Crippen molar-refractivity contribution in [2.45, 2.75) is 67.2 Å². The smallest absolute Gasteiger partial charge is 0.308 e. The molecule has 0 radical (unpaired) electrons. The van der Waals surface area contributed by atoms with Gasteiger partial charge in [0.1, 0.15) is 6.54 Å². The molecule has 31 heavy (non-hydrogen) atoms. The van der Waals surface area contributed by atoms with Gasteiger partial charge in [-0.25, -0.2) is 13.6 Å². The van der Waals surface area contributed by atoms with Crippen LogP contribution in [0.25, 0.3) is 0 Å². The second-order valence-corrected chi connectivity index (χ2v) is 13.3. The van der Waals surface area contributed by atoms with Crippen LogP contribution in [-0.2, 0) is 21.4 Å². The molecule has 0 spiro atoms. The maximum absolute atomic E-state index is 12.8. The Hall–Kier alpha value is -1.62. The van der Waals surface area contributed by atoms with Crippen molar-refractivity contribution in [3.8, 4) is 0 Å². The Labute approximate surface area is 190 Å². The Bertz CT molecular complexity index is 1170. The molecular weight excluding hydrogens is 454 g/mol. The number of thioether (sulfide) groups is 1. The Morgan fingerprint density at radius 1 is 1.26 bits per heavy atom. The number of amides is 1. The first kappa shape index (κ1) is 22.6. The van der Waals surface area contributed by atoms with E-state index >= 15 is 0 Å². The number of thiazole rings is 1. The molecule has 168 valence electrons. The van der Waals surface area contributed by atoms with E-state index in [0.717, 1.165) is 16.3 Å². The fraction of sp³-hybridized carbons (Fsp3) is 0.524. The van der Waals surface area contributed by atoms with E-state index in [0.29, 0.717) is 23.4 Å². The van der Waals surface area contributed by atoms with Gasteiger partial charge < -0.3 is 5.32 Å². The highest BCUT2D eigenvalue weighted by atomic mass is 32.2. The third-order valence-electron chi connectivity index (χ3n) is 6.34.